The minimum Gasteiger partial charge on any atom is -0.481 e. The first-order valence-corrected chi connectivity index (χ1v) is 4.59. The van der Waals surface area contributed by atoms with E-state index in [4.69, 9.17) is 5.11 Å². The number of carbonyl (C=O) groups is 2. The first-order chi connectivity index (χ1) is 6.09. The van der Waals surface area contributed by atoms with Gasteiger partial charge in [0.1, 0.15) is 0 Å². The molecule has 0 aromatic rings. The van der Waals surface area contributed by atoms with Crippen molar-refractivity contribution < 1.29 is 14.7 Å². The Morgan fingerprint density at radius 3 is 2.62 bits per heavy atom. The van der Waals surface area contributed by atoms with Crippen molar-refractivity contribution in [2.24, 2.45) is 11.8 Å². The monoisotopic (exact) mass is 185 g/mol. The van der Waals surface area contributed by atoms with Crippen LogP contribution in [0.15, 0.2) is 0 Å². The summed E-state index contributed by atoms with van der Waals surface area (Å²) in [7, 11) is 0. The fourth-order valence-corrected chi connectivity index (χ4v) is 1.13. The van der Waals surface area contributed by atoms with Crippen molar-refractivity contribution in [2.45, 2.75) is 26.2 Å². The normalized spacial score (nSPS) is 17.9. The Morgan fingerprint density at radius 1 is 1.54 bits per heavy atom. The summed E-state index contributed by atoms with van der Waals surface area (Å²) in [5, 5.41) is 11.2. The van der Waals surface area contributed by atoms with Crippen molar-refractivity contribution in [3.05, 3.63) is 0 Å². The second kappa shape index (κ2) is 4.25. The van der Waals surface area contributed by atoms with E-state index in [2.05, 4.69) is 5.32 Å². The van der Waals surface area contributed by atoms with E-state index in [0.29, 0.717) is 6.54 Å². The van der Waals surface area contributed by atoms with Gasteiger partial charge >= 0.3 is 5.97 Å². The largest absolute Gasteiger partial charge is 0.481 e. The molecule has 1 fully saturated rings. The Labute approximate surface area is 77.3 Å². The minimum absolute atomic E-state index is 0.0141. The van der Waals surface area contributed by atoms with E-state index >= 15 is 0 Å². The minimum atomic E-state index is -0.812. The first kappa shape index (κ1) is 10.0. The van der Waals surface area contributed by atoms with Crippen molar-refractivity contribution in [1.29, 1.82) is 0 Å². The van der Waals surface area contributed by atoms with Crippen LogP contribution >= 0.6 is 0 Å². The quantitative estimate of drug-likeness (QED) is 0.660. The molecule has 1 aliphatic rings. The average molecular weight is 185 g/mol. The molecule has 1 atom stereocenters. The number of carboxylic acids is 1. The number of amides is 1. The summed E-state index contributed by atoms with van der Waals surface area (Å²) in [4.78, 5) is 21.4. The molecule has 0 spiro atoms. The van der Waals surface area contributed by atoms with E-state index in [0.717, 1.165) is 12.8 Å². The standard InChI is InChI=1S/C9H15NO3/c1-6(4-8(11)12)5-10-9(13)7-2-3-7/h6-7H,2-5H2,1H3,(H,10,13)(H,11,12). The maximum atomic E-state index is 11.1. The van der Waals surface area contributed by atoms with E-state index in [9.17, 15) is 9.59 Å². The van der Waals surface area contributed by atoms with Crippen LogP contribution in [0.3, 0.4) is 0 Å². The molecule has 2 N–H and O–H groups in total. The molecule has 1 rings (SSSR count). The van der Waals surface area contributed by atoms with Gasteiger partial charge in [0.2, 0.25) is 5.91 Å². The number of carbonyl (C=O) groups excluding carboxylic acids is 1. The van der Waals surface area contributed by atoms with Crippen LogP contribution in [-0.2, 0) is 9.59 Å². The third-order valence-corrected chi connectivity index (χ3v) is 2.10. The lowest BCUT2D eigenvalue weighted by Crippen LogP contribution is -2.30. The molecule has 1 aliphatic carbocycles. The highest BCUT2D eigenvalue weighted by atomic mass is 16.4. The lowest BCUT2D eigenvalue weighted by molar-refractivity contribution is -0.138. The molecule has 0 heterocycles. The zero-order valence-corrected chi connectivity index (χ0v) is 7.75. The van der Waals surface area contributed by atoms with Crippen molar-refractivity contribution in [2.75, 3.05) is 6.54 Å². The van der Waals surface area contributed by atoms with Crippen molar-refractivity contribution in [1.82, 2.24) is 5.32 Å². The summed E-state index contributed by atoms with van der Waals surface area (Å²) >= 11 is 0. The highest BCUT2D eigenvalue weighted by Crippen LogP contribution is 2.28. The van der Waals surface area contributed by atoms with Gasteiger partial charge in [-0.05, 0) is 18.8 Å². The molecule has 4 nitrogen and oxygen atoms in total. The number of hydrogen-bond acceptors (Lipinski definition) is 2. The lowest BCUT2D eigenvalue weighted by Gasteiger charge is -2.09. The molecule has 1 unspecified atom stereocenters. The van der Waals surface area contributed by atoms with Gasteiger partial charge in [0.05, 0.1) is 0 Å². The predicted molar refractivity (Wildman–Crippen MR) is 47.2 cm³/mol. The second-order valence-electron chi connectivity index (χ2n) is 3.72. The number of nitrogens with one attached hydrogen (secondary N) is 1. The van der Waals surface area contributed by atoms with Gasteiger partial charge in [-0.15, -0.1) is 0 Å². The van der Waals surface area contributed by atoms with Gasteiger partial charge in [-0.1, -0.05) is 6.92 Å². The van der Waals surface area contributed by atoms with Crippen LogP contribution in [0, 0.1) is 11.8 Å². The van der Waals surface area contributed by atoms with E-state index in [1.54, 1.807) is 0 Å². The summed E-state index contributed by atoms with van der Waals surface area (Å²) in [5.41, 5.74) is 0. The Balaban J connectivity index is 2.09. The van der Waals surface area contributed by atoms with Gasteiger partial charge in [0.15, 0.2) is 0 Å². The maximum absolute atomic E-state index is 11.1. The summed E-state index contributed by atoms with van der Waals surface area (Å²) in [5.74, 6) is -0.511. The molecule has 0 aromatic heterocycles. The Bertz CT molecular complexity index is 211. The van der Waals surface area contributed by atoms with Gasteiger partial charge < -0.3 is 10.4 Å². The van der Waals surface area contributed by atoms with Crippen LogP contribution < -0.4 is 5.32 Å². The van der Waals surface area contributed by atoms with E-state index in [1.165, 1.54) is 0 Å². The number of aliphatic carboxylic acids is 1. The molecule has 4 heteroatoms. The van der Waals surface area contributed by atoms with Gasteiger partial charge in [0.25, 0.3) is 0 Å². The fourth-order valence-electron chi connectivity index (χ4n) is 1.13. The molecular weight excluding hydrogens is 170 g/mol. The van der Waals surface area contributed by atoms with Crippen LogP contribution in [-0.4, -0.2) is 23.5 Å². The molecule has 0 aliphatic heterocycles. The molecule has 0 bridgehead atoms. The van der Waals surface area contributed by atoms with Crippen LogP contribution in [0.1, 0.15) is 26.2 Å². The van der Waals surface area contributed by atoms with E-state index in [-0.39, 0.29) is 24.2 Å². The van der Waals surface area contributed by atoms with Crippen molar-refractivity contribution in [3.8, 4) is 0 Å². The van der Waals surface area contributed by atoms with E-state index in [1.807, 2.05) is 6.92 Å². The summed E-state index contributed by atoms with van der Waals surface area (Å²) in [6, 6.07) is 0. The molecular formula is C9H15NO3. The smallest absolute Gasteiger partial charge is 0.303 e. The Hall–Kier alpha value is -1.06. The number of carboxylic acid groups (broad SMARTS) is 1. The molecule has 1 amide bonds. The maximum Gasteiger partial charge on any atom is 0.303 e. The van der Waals surface area contributed by atoms with E-state index < -0.39 is 5.97 Å². The van der Waals surface area contributed by atoms with Gasteiger partial charge in [0, 0.05) is 18.9 Å². The van der Waals surface area contributed by atoms with Gasteiger partial charge in [-0.3, -0.25) is 9.59 Å². The molecule has 74 valence electrons. The fraction of sp³-hybridized carbons (Fsp3) is 0.778. The summed E-state index contributed by atoms with van der Waals surface area (Å²) in [6.45, 7) is 2.29. The second-order valence-corrected chi connectivity index (χ2v) is 3.72. The predicted octanol–water partition coefficient (Wildman–Crippen LogP) is 0.623. The Kier molecular flexibility index (Phi) is 3.28. The average Bonchev–Trinajstić information content (AvgIpc) is 2.80. The summed E-state index contributed by atoms with van der Waals surface area (Å²) < 4.78 is 0. The van der Waals surface area contributed by atoms with Crippen LogP contribution in [0.4, 0.5) is 0 Å². The topological polar surface area (TPSA) is 66.4 Å². The molecule has 1 saturated carbocycles. The highest BCUT2D eigenvalue weighted by Gasteiger charge is 2.29. The Morgan fingerprint density at radius 2 is 2.15 bits per heavy atom. The van der Waals surface area contributed by atoms with Crippen LogP contribution in [0.5, 0.6) is 0 Å². The highest BCUT2D eigenvalue weighted by molar-refractivity contribution is 5.80. The molecule has 0 saturated heterocycles. The molecule has 0 aromatic carbocycles. The zero-order valence-electron chi connectivity index (χ0n) is 7.75. The number of hydrogen-bond donors (Lipinski definition) is 2. The van der Waals surface area contributed by atoms with Crippen LogP contribution in [0.2, 0.25) is 0 Å². The zero-order chi connectivity index (χ0) is 9.84. The van der Waals surface area contributed by atoms with Crippen molar-refractivity contribution in [3.63, 3.8) is 0 Å². The SMILES string of the molecule is CC(CNC(=O)C1CC1)CC(=O)O. The van der Waals surface area contributed by atoms with Crippen LogP contribution in [0.25, 0.3) is 0 Å². The third-order valence-electron chi connectivity index (χ3n) is 2.10. The first-order valence-electron chi connectivity index (χ1n) is 4.59. The van der Waals surface area contributed by atoms with Gasteiger partial charge in [-0.25, -0.2) is 0 Å². The van der Waals surface area contributed by atoms with Crippen molar-refractivity contribution >= 4 is 11.9 Å². The van der Waals surface area contributed by atoms with Gasteiger partial charge in [-0.2, -0.15) is 0 Å². The third kappa shape index (κ3) is 3.92. The lowest BCUT2D eigenvalue weighted by atomic mass is 10.1. The number of rotatable bonds is 5. The summed E-state index contributed by atoms with van der Waals surface area (Å²) in [6.07, 6.45) is 2.09. The molecule has 13 heavy (non-hydrogen) atoms. The molecule has 0 radical (unpaired) electrons.